The summed E-state index contributed by atoms with van der Waals surface area (Å²) in [4.78, 5) is 5.40. The molecule has 2 aliphatic heterocycles. The monoisotopic (exact) mass is 285 g/mol. The molecule has 0 spiro atoms. The molecule has 3 nitrogen and oxygen atoms in total. The topological polar surface area (TPSA) is 32.5 Å². The summed E-state index contributed by atoms with van der Waals surface area (Å²) in [5.41, 5.74) is 9.39. The predicted molar refractivity (Wildman–Crippen MR) is 86.3 cm³/mol. The fraction of sp³-hybridized carbons (Fsp3) is 0.667. The number of fused-ring (bicyclic) bond motifs is 1. The van der Waals surface area contributed by atoms with Crippen molar-refractivity contribution in [1.29, 1.82) is 0 Å². The summed E-state index contributed by atoms with van der Waals surface area (Å²) in [6, 6.07) is 10.3. The van der Waals surface area contributed by atoms with Crippen LogP contribution in [-0.2, 0) is 6.42 Å². The first-order valence-electron chi connectivity index (χ1n) is 8.64. The Labute approximate surface area is 128 Å². The maximum Gasteiger partial charge on any atom is 0.0459 e. The van der Waals surface area contributed by atoms with Crippen molar-refractivity contribution in [3.8, 4) is 0 Å². The molecular weight excluding hydrogens is 258 g/mol. The molecule has 0 aromatic heterocycles. The largest absolute Gasteiger partial charge is 0.323 e. The van der Waals surface area contributed by atoms with Gasteiger partial charge in [-0.05, 0) is 49.9 Å². The van der Waals surface area contributed by atoms with Gasteiger partial charge in [-0.25, -0.2) is 0 Å². The average molecular weight is 285 g/mol. The van der Waals surface area contributed by atoms with E-state index in [4.69, 9.17) is 5.73 Å². The van der Waals surface area contributed by atoms with E-state index in [9.17, 15) is 0 Å². The van der Waals surface area contributed by atoms with Crippen LogP contribution in [-0.4, -0.2) is 48.1 Å². The van der Waals surface area contributed by atoms with Crippen molar-refractivity contribution in [3.63, 3.8) is 0 Å². The van der Waals surface area contributed by atoms with Gasteiger partial charge in [-0.2, -0.15) is 0 Å². The maximum atomic E-state index is 6.54. The summed E-state index contributed by atoms with van der Waals surface area (Å²) < 4.78 is 0. The van der Waals surface area contributed by atoms with Gasteiger partial charge in [-0.1, -0.05) is 30.7 Å². The molecule has 114 valence electrons. The van der Waals surface area contributed by atoms with Crippen molar-refractivity contribution < 1.29 is 0 Å². The smallest absolute Gasteiger partial charge is 0.0459 e. The van der Waals surface area contributed by atoms with Gasteiger partial charge < -0.3 is 5.73 Å². The molecule has 0 amide bonds. The molecule has 1 aromatic rings. The third-order valence-corrected chi connectivity index (χ3v) is 5.83. The Morgan fingerprint density at radius 3 is 2.57 bits per heavy atom. The Morgan fingerprint density at radius 1 is 0.952 bits per heavy atom. The lowest BCUT2D eigenvalue weighted by Crippen LogP contribution is -2.44. The Bertz CT molecular complexity index is 495. The number of benzene rings is 1. The van der Waals surface area contributed by atoms with Crippen molar-refractivity contribution in [2.45, 2.75) is 50.2 Å². The minimum absolute atomic E-state index is 0.210. The van der Waals surface area contributed by atoms with Gasteiger partial charge in [0, 0.05) is 31.2 Å². The lowest BCUT2D eigenvalue weighted by Gasteiger charge is -2.33. The molecule has 0 saturated carbocycles. The zero-order valence-corrected chi connectivity index (χ0v) is 12.9. The van der Waals surface area contributed by atoms with Crippen LogP contribution in [0.15, 0.2) is 24.3 Å². The van der Waals surface area contributed by atoms with Gasteiger partial charge >= 0.3 is 0 Å². The summed E-state index contributed by atoms with van der Waals surface area (Å²) in [6.45, 7) is 5.09. The highest BCUT2D eigenvalue weighted by molar-refractivity contribution is 5.37. The third kappa shape index (κ3) is 2.52. The van der Waals surface area contributed by atoms with Gasteiger partial charge in [-0.3, -0.25) is 9.80 Å². The quantitative estimate of drug-likeness (QED) is 0.904. The zero-order chi connectivity index (χ0) is 14.2. The maximum absolute atomic E-state index is 6.54. The Hall–Kier alpha value is -0.900. The minimum atomic E-state index is 0.210. The number of rotatable bonds is 2. The molecule has 3 aliphatic rings. The molecule has 3 heteroatoms. The molecule has 21 heavy (non-hydrogen) atoms. The first-order valence-corrected chi connectivity index (χ1v) is 8.64. The molecule has 1 aliphatic carbocycles. The molecule has 3 unspecified atom stereocenters. The summed E-state index contributed by atoms with van der Waals surface area (Å²) >= 11 is 0. The second kappa shape index (κ2) is 5.71. The van der Waals surface area contributed by atoms with Crippen molar-refractivity contribution >= 4 is 0 Å². The first-order chi connectivity index (χ1) is 10.3. The zero-order valence-electron chi connectivity index (χ0n) is 12.9. The van der Waals surface area contributed by atoms with E-state index < -0.39 is 0 Å². The van der Waals surface area contributed by atoms with Crippen LogP contribution in [0.4, 0.5) is 0 Å². The molecule has 2 N–H and O–H groups in total. The number of nitrogens with zero attached hydrogens (tertiary/aromatic N) is 2. The van der Waals surface area contributed by atoms with E-state index >= 15 is 0 Å². The van der Waals surface area contributed by atoms with Gasteiger partial charge in [0.15, 0.2) is 0 Å². The van der Waals surface area contributed by atoms with Crippen LogP contribution >= 0.6 is 0 Å². The van der Waals surface area contributed by atoms with Crippen LogP contribution in [0.2, 0.25) is 0 Å². The molecule has 3 atom stereocenters. The molecule has 2 fully saturated rings. The van der Waals surface area contributed by atoms with Gasteiger partial charge in [-0.15, -0.1) is 0 Å². The molecule has 0 radical (unpaired) electrons. The Balaban J connectivity index is 1.42. The number of nitrogens with two attached hydrogens (primary N) is 1. The fourth-order valence-corrected chi connectivity index (χ4v) is 4.61. The Morgan fingerprint density at radius 2 is 1.76 bits per heavy atom. The molecular formula is C18H27N3. The number of hydrogen-bond donors (Lipinski definition) is 1. The number of piperidine rings is 1. The average Bonchev–Trinajstić information content (AvgIpc) is 3.14. The molecule has 4 rings (SSSR count). The van der Waals surface area contributed by atoms with Crippen molar-refractivity contribution in [2.75, 3.05) is 26.2 Å². The van der Waals surface area contributed by atoms with E-state index in [1.807, 2.05) is 0 Å². The highest BCUT2D eigenvalue weighted by Gasteiger charge is 2.38. The summed E-state index contributed by atoms with van der Waals surface area (Å²) in [5.74, 6) is 0. The number of likely N-dealkylation sites (tertiary alicyclic amines) is 2. The summed E-state index contributed by atoms with van der Waals surface area (Å²) in [6.07, 6.45) is 6.69. The molecule has 2 saturated heterocycles. The van der Waals surface area contributed by atoms with Crippen molar-refractivity contribution in [2.24, 2.45) is 5.73 Å². The van der Waals surface area contributed by atoms with Crippen LogP contribution in [0, 0.1) is 0 Å². The highest BCUT2D eigenvalue weighted by Crippen LogP contribution is 2.35. The highest BCUT2D eigenvalue weighted by atomic mass is 15.3. The predicted octanol–water partition coefficient (Wildman–Crippen LogP) is 2.17. The van der Waals surface area contributed by atoms with Crippen molar-refractivity contribution in [3.05, 3.63) is 35.4 Å². The van der Waals surface area contributed by atoms with Crippen LogP contribution in [0.5, 0.6) is 0 Å². The lowest BCUT2D eigenvalue weighted by molar-refractivity contribution is 0.148. The van der Waals surface area contributed by atoms with E-state index in [2.05, 4.69) is 34.1 Å². The van der Waals surface area contributed by atoms with E-state index in [-0.39, 0.29) is 6.04 Å². The van der Waals surface area contributed by atoms with E-state index in [0.717, 1.165) is 12.5 Å². The standard InChI is InChI=1S/C18H27N3/c19-18-16-7-3-2-6-14(16)12-17(18)21-11-8-15(13-21)20-9-4-1-5-10-20/h2-3,6-7,15,17-18H,1,4-5,8-13,19H2. The SMILES string of the molecule is NC1c2ccccc2CC1N1CCC(N2CCCCC2)C1. The van der Waals surface area contributed by atoms with Crippen LogP contribution in [0.25, 0.3) is 0 Å². The second-order valence-corrected chi connectivity index (χ2v) is 7.03. The van der Waals surface area contributed by atoms with Crippen LogP contribution < -0.4 is 5.73 Å². The van der Waals surface area contributed by atoms with Gasteiger partial charge in [0.2, 0.25) is 0 Å². The third-order valence-electron chi connectivity index (χ3n) is 5.83. The lowest BCUT2D eigenvalue weighted by atomic mass is 10.1. The van der Waals surface area contributed by atoms with E-state index in [1.165, 1.54) is 63.0 Å². The normalized spacial score (nSPS) is 34.2. The number of hydrogen-bond acceptors (Lipinski definition) is 3. The van der Waals surface area contributed by atoms with Gasteiger partial charge in [0.05, 0.1) is 0 Å². The van der Waals surface area contributed by atoms with E-state index in [0.29, 0.717) is 6.04 Å². The van der Waals surface area contributed by atoms with Crippen molar-refractivity contribution in [1.82, 2.24) is 9.80 Å². The molecule has 2 heterocycles. The van der Waals surface area contributed by atoms with Gasteiger partial charge in [0.1, 0.15) is 0 Å². The van der Waals surface area contributed by atoms with Crippen LogP contribution in [0.1, 0.15) is 42.9 Å². The summed E-state index contributed by atoms with van der Waals surface area (Å²) in [5, 5.41) is 0. The fourth-order valence-electron chi connectivity index (χ4n) is 4.61. The Kier molecular flexibility index (Phi) is 3.74. The summed E-state index contributed by atoms with van der Waals surface area (Å²) in [7, 11) is 0. The minimum Gasteiger partial charge on any atom is -0.323 e. The second-order valence-electron chi connectivity index (χ2n) is 7.03. The molecule has 0 bridgehead atoms. The van der Waals surface area contributed by atoms with Gasteiger partial charge in [0.25, 0.3) is 0 Å². The first kappa shape index (κ1) is 13.7. The van der Waals surface area contributed by atoms with E-state index in [1.54, 1.807) is 0 Å². The molecule has 1 aromatic carbocycles. The van der Waals surface area contributed by atoms with Crippen LogP contribution in [0.3, 0.4) is 0 Å².